The van der Waals surface area contributed by atoms with Crippen LogP contribution < -0.4 is 5.32 Å². The molecule has 4 nitrogen and oxygen atoms in total. The smallest absolute Gasteiger partial charge is 0.242 e. The molecule has 0 bridgehead atoms. The molecule has 0 aliphatic heterocycles. The first-order valence-corrected chi connectivity index (χ1v) is 9.06. The third-order valence-electron chi connectivity index (χ3n) is 4.41. The van der Waals surface area contributed by atoms with Crippen LogP contribution in [0.15, 0.2) is 54.6 Å². The summed E-state index contributed by atoms with van der Waals surface area (Å²) in [7, 11) is 0. The van der Waals surface area contributed by atoms with Crippen LogP contribution in [-0.4, -0.2) is 22.8 Å². The topological polar surface area (TPSA) is 49.4 Å². The van der Waals surface area contributed by atoms with E-state index >= 15 is 0 Å². The molecule has 1 N–H and O–H groups in total. The molecule has 2 rings (SSSR count). The summed E-state index contributed by atoms with van der Waals surface area (Å²) >= 11 is 0. The minimum Gasteiger partial charge on any atom is -0.350 e. The molecule has 4 heteroatoms. The lowest BCUT2D eigenvalue weighted by Gasteiger charge is -2.30. The summed E-state index contributed by atoms with van der Waals surface area (Å²) in [6.07, 6.45) is 0. The van der Waals surface area contributed by atoms with Crippen LogP contribution >= 0.6 is 0 Å². The van der Waals surface area contributed by atoms with Gasteiger partial charge in [-0.25, -0.2) is 0 Å². The van der Waals surface area contributed by atoms with Gasteiger partial charge in [-0.1, -0.05) is 74.0 Å². The summed E-state index contributed by atoms with van der Waals surface area (Å²) in [5.41, 5.74) is 3.24. The quantitative estimate of drug-likeness (QED) is 0.826. The van der Waals surface area contributed by atoms with Gasteiger partial charge in [0.1, 0.15) is 6.04 Å². The lowest BCUT2D eigenvalue weighted by atomic mass is 10.1. The molecule has 138 valence electrons. The lowest BCUT2D eigenvalue weighted by Crippen LogP contribution is -2.48. The highest BCUT2D eigenvalue weighted by Gasteiger charge is 2.27. The summed E-state index contributed by atoms with van der Waals surface area (Å²) in [6.45, 7) is 8.42. The van der Waals surface area contributed by atoms with E-state index in [0.29, 0.717) is 13.1 Å². The first-order valence-electron chi connectivity index (χ1n) is 9.06. The Balaban J connectivity index is 2.06. The number of benzene rings is 2. The maximum absolute atomic E-state index is 12.7. The van der Waals surface area contributed by atoms with Crippen molar-refractivity contribution in [2.45, 2.75) is 46.8 Å². The van der Waals surface area contributed by atoms with Crippen LogP contribution in [0.4, 0.5) is 0 Å². The third-order valence-corrected chi connectivity index (χ3v) is 4.41. The van der Waals surface area contributed by atoms with Crippen molar-refractivity contribution in [3.8, 4) is 0 Å². The average molecular weight is 352 g/mol. The second-order valence-corrected chi connectivity index (χ2v) is 6.99. The molecule has 0 fully saturated rings. The maximum atomic E-state index is 12.7. The Kier molecular flexibility index (Phi) is 6.96. The fraction of sp³-hybridized carbons (Fsp3) is 0.364. The van der Waals surface area contributed by atoms with Gasteiger partial charge in [-0.2, -0.15) is 0 Å². The summed E-state index contributed by atoms with van der Waals surface area (Å²) in [5, 5.41) is 2.95. The second kappa shape index (κ2) is 9.18. The van der Waals surface area contributed by atoms with Crippen LogP contribution in [0.25, 0.3) is 0 Å². The number of carbonyl (C=O) groups excluding carboxylic acids is 2. The van der Waals surface area contributed by atoms with Gasteiger partial charge in [0.15, 0.2) is 0 Å². The van der Waals surface area contributed by atoms with E-state index in [9.17, 15) is 9.59 Å². The van der Waals surface area contributed by atoms with Crippen molar-refractivity contribution >= 4 is 11.8 Å². The van der Waals surface area contributed by atoms with Gasteiger partial charge in [-0.05, 0) is 25.0 Å². The molecule has 0 unspecified atom stereocenters. The van der Waals surface area contributed by atoms with E-state index in [-0.39, 0.29) is 17.7 Å². The van der Waals surface area contributed by atoms with Gasteiger partial charge in [0.05, 0.1) is 0 Å². The molecule has 2 amide bonds. The normalized spacial score (nSPS) is 11.9. The van der Waals surface area contributed by atoms with E-state index in [0.717, 1.165) is 11.1 Å². The highest BCUT2D eigenvalue weighted by atomic mass is 16.2. The molecule has 0 radical (unpaired) electrons. The zero-order valence-electron chi connectivity index (χ0n) is 16.0. The van der Waals surface area contributed by atoms with Crippen LogP contribution in [0.3, 0.4) is 0 Å². The first kappa shape index (κ1) is 19.7. The van der Waals surface area contributed by atoms with Crippen LogP contribution in [0.2, 0.25) is 0 Å². The molecule has 2 aromatic carbocycles. The van der Waals surface area contributed by atoms with Crippen LogP contribution in [-0.2, 0) is 22.7 Å². The second-order valence-electron chi connectivity index (χ2n) is 6.99. The molecule has 0 saturated carbocycles. The number of nitrogens with zero attached hydrogens (tertiary/aromatic N) is 1. The molecular formula is C22H28N2O2. The Labute approximate surface area is 156 Å². The van der Waals surface area contributed by atoms with E-state index < -0.39 is 6.04 Å². The Morgan fingerprint density at radius 1 is 0.923 bits per heavy atom. The highest BCUT2D eigenvalue weighted by molar-refractivity contribution is 5.88. The predicted molar refractivity (Wildman–Crippen MR) is 104 cm³/mol. The predicted octanol–water partition coefficient (Wildman–Crippen LogP) is 3.68. The molecule has 0 aliphatic rings. The molecule has 0 aromatic heterocycles. The van der Waals surface area contributed by atoms with E-state index in [2.05, 4.69) is 5.32 Å². The van der Waals surface area contributed by atoms with E-state index in [1.54, 1.807) is 11.8 Å². The van der Waals surface area contributed by atoms with Gasteiger partial charge >= 0.3 is 0 Å². The largest absolute Gasteiger partial charge is 0.350 e. The van der Waals surface area contributed by atoms with E-state index in [4.69, 9.17) is 0 Å². The monoisotopic (exact) mass is 352 g/mol. The summed E-state index contributed by atoms with van der Waals surface area (Å²) < 4.78 is 0. The molecular weight excluding hydrogens is 324 g/mol. The number of hydrogen-bond acceptors (Lipinski definition) is 2. The van der Waals surface area contributed by atoms with Crippen molar-refractivity contribution in [1.29, 1.82) is 0 Å². The molecule has 0 heterocycles. The van der Waals surface area contributed by atoms with Crippen molar-refractivity contribution < 1.29 is 9.59 Å². The molecule has 26 heavy (non-hydrogen) atoms. The Hall–Kier alpha value is -2.62. The fourth-order valence-electron chi connectivity index (χ4n) is 2.70. The standard InChI is InChI=1S/C22H28N2O2/c1-16(2)22(26)24(15-20-8-6-5-7-9-20)18(4)21(25)23-14-19-12-10-17(3)11-13-19/h5-13,16,18H,14-15H2,1-4H3,(H,23,25)/t18-/m1/s1. The molecule has 0 spiro atoms. The van der Waals surface area contributed by atoms with Gasteiger partial charge in [-0.3, -0.25) is 9.59 Å². The van der Waals surface area contributed by atoms with Gasteiger partial charge in [0.25, 0.3) is 0 Å². The minimum absolute atomic E-state index is 0.0214. The molecule has 0 aliphatic carbocycles. The number of hydrogen-bond donors (Lipinski definition) is 1. The van der Waals surface area contributed by atoms with E-state index in [1.807, 2.05) is 75.4 Å². The SMILES string of the molecule is Cc1ccc(CNC(=O)[C@@H](C)N(Cc2ccccc2)C(=O)C(C)C)cc1. The lowest BCUT2D eigenvalue weighted by molar-refractivity contribution is -0.143. The van der Waals surface area contributed by atoms with Crippen LogP contribution in [0.1, 0.15) is 37.5 Å². The van der Waals surface area contributed by atoms with E-state index in [1.165, 1.54) is 5.56 Å². The van der Waals surface area contributed by atoms with Crippen molar-refractivity contribution in [2.75, 3.05) is 0 Å². The molecule has 2 aromatic rings. The van der Waals surface area contributed by atoms with Crippen molar-refractivity contribution in [3.63, 3.8) is 0 Å². The maximum Gasteiger partial charge on any atom is 0.242 e. The summed E-state index contributed by atoms with van der Waals surface area (Å²) in [4.78, 5) is 26.9. The Morgan fingerprint density at radius 2 is 1.54 bits per heavy atom. The highest BCUT2D eigenvalue weighted by Crippen LogP contribution is 2.13. The number of rotatable bonds is 7. The van der Waals surface area contributed by atoms with Crippen LogP contribution in [0, 0.1) is 12.8 Å². The van der Waals surface area contributed by atoms with Crippen LogP contribution in [0.5, 0.6) is 0 Å². The Morgan fingerprint density at radius 3 is 2.12 bits per heavy atom. The number of amides is 2. The van der Waals surface area contributed by atoms with Crippen molar-refractivity contribution in [3.05, 3.63) is 71.3 Å². The summed E-state index contributed by atoms with van der Waals surface area (Å²) in [5.74, 6) is -0.326. The van der Waals surface area contributed by atoms with Crippen molar-refractivity contribution in [1.82, 2.24) is 10.2 Å². The number of aryl methyl sites for hydroxylation is 1. The van der Waals surface area contributed by atoms with Gasteiger partial charge in [0.2, 0.25) is 11.8 Å². The minimum atomic E-state index is -0.532. The summed E-state index contributed by atoms with van der Waals surface area (Å²) in [6, 6.07) is 17.3. The third kappa shape index (κ3) is 5.45. The molecule has 0 saturated heterocycles. The van der Waals surface area contributed by atoms with Gasteiger partial charge in [0, 0.05) is 19.0 Å². The van der Waals surface area contributed by atoms with Gasteiger partial charge in [-0.15, -0.1) is 0 Å². The fourth-order valence-corrected chi connectivity index (χ4v) is 2.70. The first-order chi connectivity index (χ1) is 12.4. The molecule has 1 atom stereocenters. The van der Waals surface area contributed by atoms with Gasteiger partial charge < -0.3 is 10.2 Å². The zero-order chi connectivity index (χ0) is 19.1. The Bertz CT molecular complexity index is 724. The number of carbonyl (C=O) groups is 2. The average Bonchev–Trinajstić information content (AvgIpc) is 2.65. The zero-order valence-corrected chi connectivity index (χ0v) is 16.0. The van der Waals surface area contributed by atoms with Crippen molar-refractivity contribution in [2.24, 2.45) is 5.92 Å². The number of nitrogens with one attached hydrogen (secondary N) is 1.